The second-order valence-electron chi connectivity index (χ2n) is 6.36. The third-order valence-electron chi connectivity index (χ3n) is 4.72. The van der Waals surface area contributed by atoms with Crippen molar-refractivity contribution in [3.8, 4) is 0 Å². The summed E-state index contributed by atoms with van der Waals surface area (Å²) in [5.41, 5.74) is 4.15. The van der Waals surface area contributed by atoms with Crippen molar-refractivity contribution in [2.24, 2.45) is 0 Å². The number of benzene rings is 2. The van der Waals surface area contributed by atoms with Crippen LogP contribution in [-0.4, -0.2) is 23.9 Å². The van der Waals surface area contributed by atoms with Crippen LogP contribution in [0.5, 0.6) is 0 Å². The number of para-hydroxylation sites is 1. The average molecular weight is 339 g/mol. The molecule has 6 nitrogen and oxygen atoms in total. The lowest BCUT2D eigenvalue weighted by molar-refractivity contribution is -0.384. The quantitative estimate of drug-likeness (QED) is 0.682. The van der Waals surface area contributed by atoms with Gasteiger partial charge in [0, 0.05) is 18.3 Å². The van der Waals surface area contributed by atoms with Gasteiger partial charge in [0.25, 0.3) is 5.69 Å². The Bertz CT molecular complexity index is 833. The van der Waals surface area contributed by atoms with E-state index in [0.717, 1.165) is 36.2 Å². The van der Waals surface area contributed by atoms with Crippen molar-refractivity contribution in [2.75, 3.05) is 23.3 Å². The van der Waals surface area contributed by atoms with Crippen LogP contribution >= 0.6 is 0 Å². The van der Waals surface area contributed by atoms with Crippen molar-refractivity contribution in [2.45, 2.75) is 26.7 Å². The maximum absolute atomic E-state index is 12.6. The molecule has 2 aromatic carbocycles. The molecule has 0 atom stereocenters. The maximum Gasteiger partial charge on any atom is 0.293 e. The van der Waals surface area contributed by atoms with Gasteiger partial charge in [0.05, 0.1) is 11.5 Å². The van der Waals surface area contributed by atoms with E-state index in [9.17, 15) is 14.9 Å². The van der Waals surface area contributed by atoms with E-state index in [0.29, 0.717) is 5.69 Å². The number of aryl methyl sites for hydroxylation is 2. The second-order valence-corrected chi connectivity index (χ2v) is 6.36. The first-order valence-electron chi connectivity index (χ1n) is 8.34. The number of nitro benzene ring substituents is 1. The monoisotopic (exact) mass is 339 g/mol. The summed E-state index contributed by atoms with van der Waals surface area (Å²) >= 11 is 0. The van der Waals surface area contributed by atoms with E-state index in [-0.39, 0.29) is 18.1 Å². The number of anilines is 2. The van der Waals surface area contributed by atoms with Gasteiger partial charge in [-0.15, -0.1) is 0 Å². The molecule has 0 fully saturated rings. The summed E-state index contributed by atoms with van der Waals surface area (Å²) < 4.78 is 0. The van der Waals surface area contributed by atoms with Crippen LogP contribution in [0.3, 0.4) is 0 Å². The minimum Gasteiger partial charge on any atom is -0.362 e. The van der Waals surface area contributed by atoms with E-state index in [4.69, 9.17) is 0 Å². The lowest BCUT2D eigenvalue weighted by Crippen LogP contribution is -2.37. The van der Waals surface area contributed by atoms with Gasteiger partial charge in [-0.3, -0.25) is 14.9 Å². The molecule has 0 radical (unpaired) electrons. The average Bonchev–Trinajstić information content (AvgIpc) is 2.59. The molecule has 1 heterocycles. The molecule has 0 saturated carbocycles. The van der Waals surface area contributed by atoms with Crippen LogP contribution in [0.2, 0.25) is 0 Å². The van der Waals surface area contributed by atoms with Crippen molar-refractivity contribution in [3.63, 3.8) is 0 Å². The Kier molecular flexibility index (Phi) is 4.70. The Labute approximate surface area is 146 Å². The third kappa shape index (κ3) is 3.47. The lowest BCUT2D eigenvalue weighted by atomic mass is 10.0. The standard InChI is InChI=1S/C19H21N3O3/c1-13-9-10-17(22(24)25)19(14(13)2)20-18(23)12-21-11-5-7-15-6-3-4-8-16(15)21/h3-4,6,8-10H,5,7,11-12H2,1-2H3,(H,20,23). The lowest BCUT2D eigenvalue weighted by Gasteiger charge is -2.30. The van der Waals surface area contributed by atoms with E-state index in [1.54, 1.807) is 13.0 Å². The summed E-state index contributed by atoms with van der Waals surface area (Å²) in [7, 11) is 0. The van der Waals surface area contributed by atoms with Gasteiger partial charge in [-0.05, 0) is 49.4 Å². The Balaban J connectivity index is 1.81. The minimum atomic E-state index is -0.460. The predicted molar refractivity (Wildman–Crippen MR) is 98.2 cm³/mol. The molecule has 0 bridgehead atoms. The molecular formula is C19H21N3O3. The number of fused-ring (bicyclic) bond motifs is 1. The number of amides is 1. The molecule has 2 aromatic rings. The van der Waals surface area contributed by atoms with Crippen LogP contribution < -0.4 is 10.2 Å². The molecule has 0 aliphatic carbocycles. The van der Waals surface area contributed by atoms with Gasteiger partial charge < -0.3 is 10.2 Å². The number of nitrogens with zero attached hydrogens (tertiary/aromatic N) is 2. The zero-order chi connectivity index (χ0) is 18.0. The Morgan fingerprint density at radius 2 is 2.00 bits per heavy atom. The normalized spacial score (nSPS) is 13.3. The number of carbonyl (C=O) groups excluding carboxylic acids is 1. The Morgan fingerprint density at radius 3 is 2.76 bits per heavy atom. The highest BCUT2D eigenvalue weighted by Crippen LogP contribution is 2.31. The first kappa shape index (κ1) is 17.0. The highest BCUT2D eigenvalue weighted by atomic mass is 16.6. The van der Waals surface area contributed by atoms with Crippen LogP contribution in [0.4, 0.5) is 17.1 Å². The van der Waals surface area contributed by atoms with E-state index in [2.05, 4.69) is 11.4 Å². The van der Waals surface area contributed by atoms with Crippen LogP contribution in [0.1, 0.15) is 23.1 Å². The van der Waals surface area contributed by atoms with Gasteiger partial charge in [-0.25, -0.2) is 0 Å². The van der Waals surface area contributed by atoms with Gasteiger partial charge in [0.1, 0.15) is 5.69 Å². The van der Waals surface area contributed by atoms with E-state index < -0.39 is 4.92 Å². The molecule has 6 heteroatoms. The first-order valence-corrected chi connectivity index (χ1v) is 8.34. The van der Waals surface area contributed by atoms with Crippen molar-refractivity contribution in [1.82, 2.24) is 0 Å². The van der Waals surface area contributed by atoms with Crippen LogP contribution in [0.25, 0.3) is 0 Å². The van der Waals surface area contributed by atoms with Crippen molar-refractivity contribution in [1.29, 1.82) is 0 Å². The molecule has 130 valence electrons. The number of nitro groups is 1. The largest absolute Gasteiger partial charge is 0.362 e. The van der Waals surface area contributed by atoms with Crippen LogP contribution in [-0.2, 0) is 11.2 Å². The summed E-state index contributed by atoms with van der Waals surface area (Å²) in [6.45, 7) is 4.64. The molecule has 0 unspecified atom stereocenters. The molecule has 1 aliphatic heterocycles. The zero-order valence-electron chi connectivity index (χ0n) is 14.4. The fraction of sp³-hybridized carbons (Fsp3) is 0.316. The molecule has 25 heavy (non-hydrogen) atoms. The topological polar surface area (TPSA) is 75.5 Å². The zero-order valence-corrected chi connectivity index (χ0v) is 14.4. The fourth-order valence-electron chi connectivity index (χ4n) is 3.24. The number of hydrogen-bond donors (Lipinski definition) is 1. The summed E-state index contributed by atoms with van der Waals surface area (Å²) in [5, 5.41) is 14.0. The highest BCUT2D eigenvalue weighted by Gasteiger charge is 2.22. The van der Waals surface area contributed by atoms with Crippen molar-refractivity contribution < 1.29 is 9.72 Å². The second kappa shape index (κ2) is 6.93. The SMILES string of the molecule is Cc1ccc([N+](=O)[O-])c(NC(=O)CN2CCCc3ccccc32)c1C. The van der Waals surface area contributed by atoms with Gasteiger partial charge in [0.2, 0.25) is 5.91 Å². The van der Waals surface area contributed by atoms with Gasteiger partial charge in [0.15, 0.2) is 0 Å². The van der Waals surface area contributed by atoms with Gasteiger partial charge in [-0.2, -0.15) is 0 Å². The van der Waals surface area contributed by atoms with Gasteiger partial charge >= 0.3 is 0 Å². The van der Waals surface area contributed by atoms with E-state index >= 15 is 0 Å². The molecule has 3 rings (SSSR count). The first-order chi connectivity index (χ1) is 12.0. The summed E-state index contributed by atoms with van der Waals surface area (Å²) in [5.74, 6) is -0.242. The molecule has 0 spiro atoms. The number of hydrogen-bond acceptors (Lipinski definition) is 4. The van der Waals surface area contributed by atoms with E-state index in [1.807, 2.05) is 30.0 Å². The molecule has 0 saturated heterocycles. The van der Waals surface area contributed by atoms with Crippen molar-refractivity contribution in [3.05, 3.63) is 63.2 Å². The molecule has 1 N–H and O–H groups in total. The smallest absolute Gasteiger partial charge is 0.293 e. The summed E-state index contributed by atoms with van der Waals surface area (Å²) in [6.07, 6.45) is 2.00. The number of carbonyl (C=O) groups is 1. The van der Waals surface area contributed by atoms with E-state index in [1.165, 1.54) is 11.6 Å². The number of rotatable bonds is 4. The third-order valence-corrected chi connectivity index (χ3v) is 4.72. The Hall–Kier alpha value is -2.89. The summed E-state index contributed by atoms with van der Waals surface area (Å²) in [4.78, 5) is 25.4. The highest BCUT2D eigenvalue weighted by molar-refractivity contribution is 5.97. The minimum absolute atomic E-state index is 0.0736. The maximum atomic E-state index is 12.6. The molecule has 0 aromatic heterocycles. The predicted octanol–water partition coefficient (Wildman–Crippen LogP) is 3.60. The number of nitrogens with one attached hydrogen (secondary N) is 1. The molecular weight excluding hydrogens is 318 g/mol. The molecule has 1 aliphatic rings. The summed E-state index contributed by atoms with van der Waals surface area (Å²) in [6, 6.07) is 11.2. The van der Waals surface area contributed by atoms with Crippen LogP contribution in [0, 0.1) is 24.0 Å². The van der Waals surface area contributed by atoms with Gasteiger partial charge in [-0.1, -0.05) is 24.3 Å². The molecule has 1 amide bonds. The van der Waals surface area contributed by atoms with Crippen molar-refractivity contribution >= 4 is 23.0 Å². The Morgan fingerprint density at radius 1 is 1.24 bits per heavy atom. The fourth-order valence-corrected chi connectivity index (χ4v) is 3.24. The van der Waals surface area contributed by atoms with Crippen LogP contribution in [0.15, 0.2) is 36.4 Å².